The largest absolute Gasteiger partial charge is 0.493 e. The number of thiocarbonyl (C=S) groups is 1. The second-order valence-electron chi connectivity index (χ2n) is 5.62. The minimum Gasteiger partial charge on any atom is -0.493 e. The molecular formula is C19H20BrN3O3S. The first-order valence-electron chi connectivity index (χ1n) is 7.98. The molecule has 0 spiro atoms. The molecule has 1 amide bonds. The van der Waals surface area contributed by atoms with Gasteiger partial charge in [-0.3, -0.25) is 15.6 Å². The van der Waals surface area contributed by atoms with E-state index < -0.39 is 5.91 Å². The van der Waals surface area contributed by atoms with Crippen LogP contribution in [0.2, 0.25) is 0 Å². The predicted molar refractivity (Wildman–Crippen MR) is 113 cm³/mol. The van der Waals surface area contributed by atoms with Gasteiger partial charge < -0.3 is 15.2 Å². The molecule has 0 radical (unpaired) electrons. The number of carbonyl (C=O) groups excluding carboxylic acids is 1. The Morgan fingerprint density at radius 1 is 1.26 bits per heavy atom. The van der Waals surface area contributed by atoms with E-state index in [0.29, 0.717) is 18.1 Å². The van der Waals surface area contributed by atoms with E-state index in [2.05, 4.69) is 39.0 Å². The molecule has 0 aromatic heterocycles. The molecule has 2 aromatic rings. The highest BCUT2D eigenvalue weighted by Crippen LogP contribution is 2.37. The first kappa shape index (κ1) is 20.7. The molecule has 0 saturated heterocycles. The van der Waals surface area contributed by atoms with Crippen molar-refractivity contribution in [1.29, 1.82) is 0 Å². The number of halogens is 1. The molecule has 142 valence electrons. The van der Waals surface area contributed by atoms with Crippen molar-refractivity contribution < 1.29 is 14.3 Å². The molecule has 27 heavy (non-hydrogen) atoms. The van der Waals surface area contributed by atoms with E-state index in [1.54, 1.807) is 19.3 Å². The summed E-state index contributed by atoms with van der Waals surface area (Å²) in [6.07, 6.45) is 2.98. The van der Waals surface area contributed by atoms with Crippen molar-refractivity contribution in [2.24, 2.45) is 5.73 Å². The number of methoxy groups -OCH3 is 1. The van der Waals surface area contributed by atoms with E-state index in [-0.39, 0.29) is 5.11 Å². The summed E-state index contributed by atoms with van der Waals surface area (Å²) in [5, 5.41) is -0.0174. The Bertz CT molecular complexity index is 854. The number of ether oxygens (including phenoxy) is 2. The Balaban J connectivity index is 2.10. The molecule has 0 aliphatic rings. The topological polar surface area (TPSA) is 85.6 Å². The van der Waals surface area contributed by atoms with Crippen molar-refractivity contribution >= 4 is 45.2 Å². The Kier molecular flexibility index (Phi) is 7.63. The number of amides is 1. The number of carbonyl (C=O) groups is 1. The van der Waals surface area contributed by atoms with Crippen LogP contribution in [0.3, 0.4) is 0 Å². The number of benzene rings is 2. The van der Waals surface area contributed by atoms with Crippen LogP contribution in [0.4, 0.5) is 0 Å². The number of nitrogens with two attached hydrogens (primary N) is 1. The van der Waals surface area contributed by atoms with Gasteiger partial charge in [-0.15, -0.1) is 0 Å². The summed E-state index contributed by atoms with van der Waals surface area (Å²) in [5.74, 6) is 0.755. The van der Waals surface area contributed by atoms with Gasteiger partial charge in [0.2, 0.25) is 0 Å². The third-order valence-electron chi connectivity index (χ3n) is 3.49. The molecule has 2 aromatic carbocycles. The van der Waals surface area contributed by atoms with Crippen molar-refractivity contribution in [3.63, 3.8) is 0 Å². The van der Waals surface area contributed by atoms with E-state index in [0.717, 1.165) is 15.6 Å². The molecule has 4 N–H and O–H groups in total. The number of hydrazine groups is 1. The van der Waals surface area contributed by atoms with Gasteiger partial charge in [0.15, 0.2) is 16.6 Å². The van der Waals surface area contributed by atoms with Crippen LogP contribution < -0.4 is 26.1 Å². The summed E-state index contributed by atoms with van der Waals surface area (Å²) in [5.41, 5.74) is 13.0. The molecule has 6 nitrogen and oxygen atoms in total. The van der Waals surface area contributed by atoms with Crippen molar-refractivity contribution in [1.82, 2.24) is 10.9 Å². The molecule has 0 heterocycles. The van der Waals surface area contributed by atoms with Gasteiger partial charge in [0.1, 0.15) is 6.61 Å². The molecule has 0 unspecified atom stereocenters. The highest BCUT2D eigenvalue weighted by molar-refractivity contribution is 9.10. The second kappa shape index (κ2) is 9.94. The number of hydrogen-bond donors (Lipinski definition) is 3. The fourth-order valence-electron chi connectivity index (χ4n) is 2.15. The summed E-state index contributed by atoms with van der Waals surface area (Å²) in [6.45, 7) is 2.45. The van der Waals surface area contributed by atoms with Crippen LogP contribution in [0.1, 0.15) is 16.7 Å². The molecule has 0 atom stereocenters. The summed E-state index contributed by atoms with van der Waals surface area (Å²) in [7, 11) is 1.56. The average molecular weight is 450 g/mol. The van der Waals surface area contributed by atoms with Crippen LogP contribution in [-0.4, -0.2) is 18.1 Å². The molecule has 0 fully saturated rings. The van der Waals surface area contributed by atoms with Crippen molar-refractivity contribution in [3.05, 3.63) is 63.6 Å². The Morgan fingerprint density at radius 3 is 2.59 bits per heavy atom. The Hall–Kier alpha value is -2.58. The monoisotopic (exact) mass is 449 g/mol. The van der Waals surface area contributed by atoms with Crippen LogP contribution in [0, 0.1) is 6.92 Å². The van der Waals surface area contributed by atoms with Crippen molar-refractivity contribution in [3.8, 4) is 11.5 Å². The maximum atomic E-state index is 11.7. The second-order valence-corrected chi connectivity index (χ2v) is 6.91. The lowest BCUT2D eigenvalue weighted by Gasteiger charge is -2.14. The zero-order chi connectivity index (χ0) is 19.8. The summed E-state index contributed by atoms with van der Waals surface area (Å²) >= 11 is 8.11. The summed E-state index contributed by atoms with van der Waals surface area (Å²) in [4.78, 5) is 11.7. The summed E-state index contributed by atoms with van der Waals surface area (Å²) in [6, 6.07) is 11.7. The first-order chi connectivity index (χ1) is 12.9. The standard InChI is InChI=1S/C19H20BrN3O3S/c1-12-3-5-13(6-4-12)11-26-18-15(20)9-14(10-16(18)25-2)7-8-17(24)22-23-19(21)27/h3-10H,11H2,1-2H3,(H,22,24)(H3,21,23,27)/b8-7+. The highest BCUT2D eigenvalue weighted by atomic mass is 79.9. The normalized spacial score (nSPS) is 10.5. The molecule has 8 heteroatoms. The van der Waals surface area contributed by atoms with Crippen molar-refractivity contribution in [2.75, 3.05) is 7.11 Å². The van der Waals surface area contributed by atoms with Gasteiger partial charge in [0.05, 0.1) is 11.6 Å². The van der Waals surface area contributed by atoms with E-state index in [1.165, 1.54) is 11.6 Å². The van der Waals surface area contributed by atoms with Crippen LogP contribution >= 0.6 is 28.1 Å². The Morgan fingerprint density at radius 2 is 1.96 bits per heavy atom. The first-order valence-corrected chi connectivity index (χ1v) is 9.18. The van der Waals surface area contributed by atoms with Gasteiger partial charge >= 0.3 is 0 Å². The molecule has 0 saturated carbocycles. The third-order valence-corrected chi connectivity index (χ3v) is 4.18. The number of nitrogens with one attached hydrogen (secondary N) is 2. The fourth-order valence-corrected chi connectivity index (χ4v) is 2.78. The number of rotatable bonds is 6. The average Bonchev–Trinajstić information content (AvgIpc) is 2.64. The lowest BCUT2D eigenvalue weighted by Crippen LogP contribution is -2.43. The Labute approximate surface area is 171 Å². The lowest BCUT2D eigenvalue weighted by atomic mass is 10.1. The number of hydrogen-bond acceptors (Lipinski definition) is 4. The lowest BCUT2D eigenvalue weighted by molar-refractivity contribution is -0.116. The van der Waals surface area contributed by atoms with E-state index >= 15 is 0 Å². The zero-order valence-electron chi connectivity index (χ0n) is 14.9. The van der Waals surface area contributed by atoms with E-state index in [9.17, 15) is 4.79 Å². The molecule has 0 bridgehead atoms. The molecule has 0 aliphatic carbocycles. The minimum absolute atomic E-state index is 0.0174. The van der Waals surface area contributed by atoms with Crippen LogP contribution in [0.25, 0.3) is 6.08 Å². The van der Waals surface area contributed by atoms with Crippen molar-refractivity contribution in [2.45, 2.75) is 13.5 Å². The quantitative estimate of drug-likeness (QED) is 0.356. The van der Waals surface area contributed by atoms with E-state index in [4.69, 9.17) is 15.2 Å². The molecular weight excluding hydrogens is 430 g/mol. The maximum absolute atomic E-state index is 11.7. The van der Waals surface area contributed by atoms with Gasteiger partial charge in [-0.1, -0.05) is 29.8 Å². The van der Waals surface area contributed by atoms with Crippen LogP contribution in [-0.2, 0) is 11.4 Å². The smallest absolute Gasteiger partial charge is 0.262 e. The van der Waals surface area contributed by atoms with Gasteiger partial charge in [-0.25, -0.2) is 0 Å². The predicted octanol–water partition coefficient (Wildman–Crippen LogP) is 3.22. The molecule has 2 rings (SSSR count). The van der Waals surface area contributed by atoms with Crippen LogP contribution in [0.15, 0.2) is 46.9 Å². The minimum atomic E-state index is -0.391. The zero-order valence-corrected chi connectivity index (χ0v) is 17.3. The van der Waals surface area contributed by atoms with Gasteiger partial charge in [0.25, 0.3) is 5.91 Å². The third kappa shape index (κ3) is 6.58. The SMILES string of the molecule is COc1cc(/C=C/C(=O)NNC(N)=S)cc(Br)c1OCc1ccc(C)cc1. The van der Waals surface area contributed by atoms with Gasteiger partial charge in [0, 0.05) is 6.08 Å². The maximum Gasteiger partial charge on any atom is 0.262 e. The molecule has 0 aliphatic heterocycles. The van der Waals surface area contributed by atoms with Gasteiger partial charge in [-0.05, 0) is 64.4 Å². The van der Waals surface area contributed by atoms with Gasteiger partial charge in [-0.2, -0.15) is 0 Å². The van der Waals surface area contributed by atoms with Crippen LogP contribution in [0.5, 0.6) is 11.5 Å². The fraction of sp³-hybridized carbons (Fsp3) is 0.158. The number of aryl methyl sites for hydroxylation is 1. The summed E-state index contributed by atoms with van der Waals surface area (Å²) < 4.78 is 12.1. The van der Waals surface area contributed by atoms with E-state index in [1.807, 2.05) is 37.3 Å². The highest BCUT2D eigenvalue weighted by Gasteiger charge is 2.11.